The zero-order valence-corrected chi connectivity index (χ0v) is 8.33. The van der Waals surface area contributed by atoms with Gasteiger partial charge in [0.25, 0.3) is 0 Å². The third-order valence-electron chi connectivity index (χ3n) is 1.62. The topological polar surface area (TPSA) is 26.3 Å². The van der Waals surface area contributed by atoms with Gasteiger partial charge in [0.1, 0.15) is 0 Å². The van der Waals surface area contributed by atoms with E-state index in [0.29, 0.717) is 11.0 Å². The molecule has 0 aromatic rings. The first kappa shape index (κ1) is 11.2. The summed E-state index contributed by atoms with van der Waals surface area (Å²) in [5, 5.41) is 0. The van der Waals surface area contributed by atoms with Crippen LogP contribution in [0.3, 0.4) is 0 Å². The van der Waals surface area contributed by atoms with Crippen LogP contribution in [0.4, 0.5) is 0 Å². The van der Waals surface area contributed by atoms with Crippen molar-refractivity contribution in [3.05, 3.63) is 12.2 Å². The molecule has 0 saturated carbocycles. The molecule has 0 aliphatic heterocycles. The molecule has 0 amide bonds. The summed E-state index contributed by atoms with van der Waals surface area (Å²) < 4.78 is 5.22. The van der Waals surface area contributed by atoms with Gasteiger partial charge in [0.05, 0.1) is 27.7 Å². The molecule has 0 atom stereocenters. The van der Waals surface area contributed by atoms with Gasteiger partial charge < -0.3 is 9.22 Å². The van der Waals surface area contributed by atoms with Gasteiger partial charge in [-0.25, -0.2) is 4.79 Å². The molecular formula is C9H18NO2+. The highest BCUT2D eigenvalue weighted by Gasteiger charge is 2.18. The van der Waals surface area contributed by atoms with Crippen LogP contribution in [0.25, 0.3) is 0 Å². The average Bonchev–Trinajstić information content (AvgIpc) is 2.00. The zero-order chi connectivity index (χ0) is 9.61. The van der Waals surface area contributed by atoms with E-state index in [0.717, 1.165) is 6.54 Å². The van der Waals surface area contributed by atoms with E-state index in [2.05, 4.69) is 4.74 Å². The van der Waals surface area contributed by atoms with Crippen LogP contribution in [0.15, 0.2) is 12.2 Å². The third kappa shape index (κ3) is 4.91. The van der Waals surface area contributed by atoms with Gasteiger partial charge in [0, 0.05) is 0 Å². The Labute approximate surface area is 74.2 Å². The van der Waals surface area contributed by atoms with Crippen molar-refractivity contribution in [3.8, 4) is 0 Å². The van der Waals surface area contributed by atoms with E-state index in [1.807, 2.05) is 33.2 Å². The van der Waals surface area contributed by atoms with Crippen LogP contribution >= 0.6 is 0 Å². The minimum atomic E-state index is -0.162. The molecule has 0 spiro atoms. The molecule has 0 rings (SSSR count). The zero-order valence-electron chi connectivity index (χ0n) is 8.33. The van der Waals surface area contributed by atoms with Crippen molar-refractivity contribution in [1.29, 1.82) is 0 Å². The number of carbonyl (C=O) groups is 1. The normalized spacial score (nSPS) is 12.0. The fourth-order valence-electron chi connectivity index (χ4n) is 0.869. The summed E-state index contributed by atoms with van der Waals surface area (Å²) in [7, 11) is 5.41. The maximum Gasteiger partial charge on any atom is 0.361 e. The summed E-state index contributed by atoms with van der Waals surface area (Å²) in [6.07, 6.45) is 4.03. The van der Waals surface area contributed by atoms with Gasteiger partial charge in [0.2, 0.25) is 0 Å². The van der Waals surface area contributed by atoms with E-state index in [1.165, 1.54) is 7.11 Å². The fourth-order valence-corrected chi connectivity index (χ4v) is 0.869. The molecular weight excluding hydrogens is 154 g/mol. The summed E-state index contributed by atoms with van der Waals surface area (Å²) in [6, 6.07) is 0. The number of methoxy groups -OCH3 is 1. The highest BCUT2D eigenvalue weighted by molar-refractivity contribution is 5.70. The second kappa shape index (κ2) is 4.93. The highest BCUT2D eigenvalue weighted by atomic mass is 16.5. The number of ether oxygens (including phenoxy) is 1. The number of carbonyl (C=O) groups excluding carboxylic acids is 1. The number of quaternary nitrogens is 1. The van der Waals surface area contributed by atoms with Crippen molar-refractivity contribution in [2.45, 2.75) is 6.92 Å². The third-order valence-corrected chi connectivity index (χ3v) is 1.62. The molecule has 0 aliphatic carbocycles. The first-order valence-corrected chi connectivity index (χ1v) is 4.02. The summed E-state index contributed by atoms with van der Waals surface area (Å²) in [4.78, 5) is 10.9. The average molecular weight is 172 g/mol. The molecule has 0 saturated heterocycles. The van der Waals surface area contributed by atoms with Crippen molar-refractivity contribution in [3.63, 3.8) is 0 Å². The number of hydrogen-bond acceptors (Lipinski definition) is 2. The van der Waals surface area contributed by atoms with Crippen molar-refractivity contribution in [1.82, 2.24) is 0 Å². The molecule has 0 fully saturated rings. The Morgan fingerprint density at radius 3 is 2.50 bits per heavy atom. The van der Waals surface area contributed by atoms with Crippen molar-refractivity contribution >= 4 is 5.97 Å². The summed E-state index contributed by atoms with van der Waals surface area (Å²) in [5.41, 5.74) is 0. The molecule has 0 bridgehead atoms. The Balaban J connectivity index is 3.94. The highest BCUT2D eigenvalue weighted by Crippen LogP contribution is 1.97. The van der Waals surface area contributed by atoms with Gasteiger partial charge in [-0.05, 0) is 13.0 Å². The lowest BCUT2D eigenvalue weighted by Gasteiger charge is -2.26. The Morgan fingerprint density at radius 2 is 2.08 bits per heavy atom. The second-order valence-corrected chi connectivity index (χ2v) is 3.42. The first-order valence-electron chi connectivity index (χ1n) is 4.02. The Hall–Kier alpha value is -0.830. The van der Waals surface area contributed by atoms with Crippen molar-refractivity contribution < 1.29 is 14.0 Å². The number of rotatable bonds is 4. The first-order chi connectivity index (χ1) is 5.52. The van der Waals surface area contributed by atoms with Gasteiger partial charge in [-0.2, -0.15) is 0 Å². The molecule has 0 radical (unpaired) electrons. The molecule has 3 nitrogen and oxygen atoms in total. The van der Waals surface area contributed by atoms with Crippen LogP contribution < -0.4 is 0 Å². The quantitative estimate of drug-likeness (QED) is 0.356. The monoisotopic (exact) mass is 172 g/mol. The van der Waals surface area contributed by atoms with E-state index in [4.69, 9.17) is 0 Å². The van der Waals surface area contributed by atoms with E-state index in [-0.39, 0.29) is 5.97 Å². The smallest absolute Gasteiger partial charge is 0.361 e. The maximum atomic E-state index is 10.9. The molecule has 0 unspecified atom stereocenters. The largest absolute Gasteiger partial charge is 0.465 e. The van der Waals surface area contributed by atoms with Gasteiger partial charge in [0.15, 0.2) is 6.54 Å². The molecule has 0 heterocycles. The molecule has 0 aliphatic rings. The molecule has 0 N–H and O–H groups in total. The van der Waals surface area contributed by atoms with Gasteiger partial charge >= 0.3 is 5.97 Å². The van der Waals surface area contributed by atoms with Crippen LogP contribution in [0, 0.1) is 0 Å². The standard InChI is InChI=1S/C9H18NO2/c1-5-6-7-10(2,3)8-9(11)12-4/h5-6H,7-8H2,1-4H3/q+1/b6-5+. The Morgan fingerprint density at radius 1 is 1.50 bits per heavy atom. The fraction of sp³-hybridized carbons (Fsp3) is 0.667. The van der Waals surface area contributed by atoms with Crippen LogP contribution in [0.2, 0.25) is 0 Å². The second-order valence-electron chi connectivity index (χ2n) is 3.42. The van der Waals surface area contributed by atoms with Crippen LogP contribution in [0.5, 0.6) is 0 Å². The van der Waals surface area contributed by atoms with Gasteiger partial charge in [-0.1, -0.05) is 6.08 Å². The van der Waals surface area contributed by atoms with Crippen LogP contribution in [-0.4, -0.2) is 44.7 Å². The number of hydrogen-bond donors (Lipinski definition) is 0. The number of esters is 1. The van der Waals surface area contributed by atoms with E-state index in [9.17, 15) is 4.79 Å². The minimum absolute atomic E-state index is 0.162. The minimum Gasteiger partial charge on any atom is -0.465 e. The number of likely N-dealkylation sites (N-methyl/N-ethyl adjacent to an activating group) is 1. The molecule has 0 aromatic carbocycles. The number of nitrogens with zero attached hydrogens (tertiary/aromatic N) is 1. The van der Waals surface area contributed by atoms with Gasteiger partial charge in [-0.3, -0.25) is 0 Å². The SMILES string of the molecule is C/C=C/C[N+](C)(C)CC(=O)OC. The van der Waals surface area contributed by atoms with Crippen molar-refractivity contribution in [2.75, 3.05) is 34.3 Å². The lowest BCUT2D eigenvalue weighted by Crippen LogP contribution is -2.44. The summed E-state index contributed by atoms with van der Waals surface area (Å²) in [5.74, 6) is -0.162. The van der Waals surface area contributed by atoms with Gasteiger partial charge in [-0.15, -0.1) is 0 Å². The lowest BCUT2D eigenvalue weighted by atomic mass is 10.4. The summed E-state index contributed by atoms with van der Waals surface area (Å²) >= 11 is 0. The van der Waals surface area contributed by atoms with E-state index < -0.39 is 0 Å². The maximum absolute atomic E-state index is 10.9. The predicted octanol–water partition coefficient (Wildman–Crippen LogP) is 0.812. The van der Waals surface area contributed by atoms with E-state index in [1.54, 1.807) is 0 Å². The molecule has 3 heteroatoms. The summed E-state index contributed by atoms with van der Waals surface area (Å²) in [6.45, 7) is 3.24. The number of allylic oxidation sites excluding steroid dienone is 1. The van der Waals surface area contributed by atoms with Crippen LogP contribution in [-0.2, 0) is 9.53 Å². The Bertz CT molecular complexity index is 173. The molecule has 70 valence electrons. The van der Waals surface area contributed by atoms with Crippen LogP contribution in [0.1, 0.15) is 6.92 Å². The lowest BCUT2D eigenvalue weighted by molar-refractivity contribution is -0.877. The van der Waals surface area contributed by atoms with Crippen molar-refractivity contribution in [2.24, 2.45) is 0 Å². The Kier molecular flexibility index (Phi) is 4.59. The molecule has 12 heavy (non-hydrogen) atoms. The van der Waals surface area contributed by atoms with E-state index >= 15 is 0 Å². The predicted molar refractivity (Wildman–Crippen MR) is 48.7 cm³/mol. The molecule has 0 aromatic heterocycles.